The van der Waals surface area contributed by atoms with Crippen molar-refractivity contribution in [1.29, 1.82) is 0 Å². The summed E-state index contributed by atoms with van der Waals surface area (Å²) in [5.74, 6) is -1.95. The van der Waals surface area contributed by atoms with Gasteiger partial charge in [-0.2, -0.15) is 0 Å². The van der Waals surface area contributed by atoms with Crippen molar-refractivity contribution < 1.29 is 18.5 Å². The summed E-state index contributed by atoms with van der Waals surface area (Å²) in [6, 6.07) is 8.95. The van der Waals surface area contributed by atoms with E-state index in [-0.39, 0.29) is 17.8 Å². The largest absolute Gasteiger partial charge is 0.379 e. The van der Waals surface area contributed by atoms with E-state index < -0.39 is 22.5 Å². The Morgan fingerprint density at radius 2 is 1.79 bits per heavy atom. The monoisotopic (exact) mass is 335 g/mol. The highest BCUT2D eigenvalue weighted by Crippen LogP contribution is 2.23. The highest BCUT2D eigenvalue weighted by molar-refractivity contribution is 5.90. The molecular formula is C16H15F2N3O3. The van der Waals surface area contributed by atoms with E-state index in [0.717, 1.165) is 12.1 Å². The van der Waals surface area contributed by atoms with Crippen molar-refractivity contribution in [1.82, 2.24) is 0 Å². The van der Waals surface area contributed by atoms with Gasteiger partial charge in [0.05, 0.1) is 4.92 Å². The van der Waals surface area contributed by atoms with Crippen LogP contribution in [-0.2, 0) is 4.79 Å². The standard InChI is InChI=1S/C16H15F2N3O3/c17-11-8-12(18)10-13(9-11)20-16(22)6-3-7-19-14-4-1-2-5-15(14)21(23)24/h1-2,4-5,8-10,19H,3,6-7H2,(H,20,22). The van der Waals surface area contributed by atoms with Crippen molar-refractivity contribution in [3.8, 4) is 0 Å². The molecule has 0 aliphatic rings. The molecule has 0 aliphatic carbocycles. The molecule has 6 nitrogen and oxygen atoms in total. The molecule has 0 radical (unpaired) electrons. The Hall–Kier alpha value is -3.03. The molecule has 0 fully saturated rings. The van der Waals surface area contributed by atoms with E-state index in [1.165, 1.54) is 6.07 Å². The zero-order valence-corrected chi connectivity index (χ0v) is 12.6. The Kier molecular flexibility index (Phi) is 5.78. The van der Waals surface area contributed by atoms with Gasteiger partial charge in [-0.25, -0.2) is 8.78 Å². The summed E-state index contributed by atoms with van der Waals surface area (Å²) in [7, 11) is 0. The summed E-state index contributed by atoms with van der Waals surface area (Å²) in [6.45, 7) is 0.343. The van der Waals surface area contributed by atoms with Crippen LogP contribution >= 0.6 is 0 Å². The minimum absolute atomic E-state index is 0.0443. The molecule has 2 aromatic carbocycles. The van der Waals surface area contributed by atoms with E-state index >= 15 is 0 Å². The number of carbonyl (C=O) groups excluding carboxylic acids is 1. The van der Waals surface area contributed by atoms with Crippen molar-refractivity contribution in [2.24, 2.45) is 0 Å². The average Bonchev–Trinajstić information content (AvgIpc) is 2.50. The Bertz CT molecular complexity index is 733. The zero-order valence-electron chi connectivity index (χ0n) is 12.6. The van der Waals surface area contributed by atoms with E-state index in [4.69, 9.17) is 0 Å². The quantitative estimate of drug-likeness (QED) is 0.459. The van der Waals surface area contributed by atoms with Crippen LogP contribution in [-0.4, -0.2) is 17.4 Å². The Balaban J connectivity index is 1.80. The number of nitro benzene ring substituents is 1. The molecule has 24 heavy (non-hydrogen) atoms. The summed E-state index contributed by atoms with van der Waals surface area (Å²) in [4.78, 5) is 22.1. The summed E-state index contributed by atoms with van der Waals surface area (Å²) in [5.41, 5.74) is 0.372. The lowest BCUT2D eigenvalue weighted by molar-refractivity contribution is -0.384. The van der Waals surface area contributed by atoms with Gasteiger partial charge in [0.2, 0.25) is 5.91 Å². The molecule has 0 aromatic heterocycles. The Labute approximate surface area is 136 Å². The smallest absolute Gasteiger partial charge is 0.292 e. The molecule has 0 saturated heterocycles. The minimum atomic E-state index is -0.775. The molecule has 0 bridgehead atoms. The summed E-state index contributed by atoms with van der Waals surface area (Å²) >= 11 is 0. The summed E-state index contributed by atoms with van der Waals surface area (Å²) in [6.07, 6.45) is 0.501. The van der Waals surface area contributed by atoms with Gasteiger partial charge >= 0.3 is 0 Å². The van der Waals surface area contributed by atoms with Crippen molar-refractivity contribution >= 4 is 23.0 Å². The lowest BCUT2D eigenvalue weighted by atomic mass is 10.2. The van der Waals surface area contributed by atoms with Crippen LogP contribution in [0.3, 0.4) is 0 Å². The summed E-state index contributed by atoms with van der Waals surface area (Å²) in [5, 5.41) is 16.1. The maximum absolute atomic E-state index is 13.0. The van der Waals surface area contributed by atoms with Gasteiger partial charge in [0.15, 0.2) is 0 Å². The molecule has 2 rings (SSSR count). The number of anilines is 2. The average molecular weight is 335 g/mol. The molecule has 0 spiro atoms. The first-order valence-electron chi connectivity index (χ1n) is 7.19. The maximum Gasteiger partial charge on any atom is 0.292 e. The molecule has 0 unspecified atom stereocenters. The number of hydrogen-bond acceptors (Lipinski definition) is 4. The number of para-hydroxylation sites is 2. The van der Waals surface area contributed by atoms with Crippen LogP contribution in [0.5, 0.6) is 0 Å². The third-order valence-electron chi connectivity index (χ3n) is 3.14. The van der Waals surface area contributed by atoms with E-state index in [2.05, 4.69) is 10.6 Å². The predicted octanol–water partition coefficient (Wildman–Crippen LogP) is 3.70. The van der Waals surface area contributed by atoms with Crippen LogP contribution < -0.4 is 10.6 Å². The second-order valence-electron chi connectivity index (χ2n) is 5.01. The number of amides is 1. The first-order valence-corrected chi connectivity index (χ1v) is 7.19. The van der Waals surface area contributed by atoms with Gasteiger partial charge in [0.25, 0.3) is 5.69 Å². The molecule has 0 aliphatic heterocycles. The van der Waals surface area contributed by atoms with E-state index in [1.807, 2.05) is 0 Å². The number of nitrogens with zero attached hydrogens (tertiary/aromatic N) is 1. The van der Waals surface area contributed by atoms with Gasteiger partial charge in [-0.15, -0.1) is 0 Å². The van der Waals surface area contributed by atoms with Crippen LogP contribution in [0.2, 0.25) is 0 Å². The van der Waals surface area contributed by atoms with E-state index in [1.54, 1.807) is 18.2 Å². The maximum atomic E-state index is 13.0. The highest BCUT2D eigenvalue weighted by Gasteiger charge is 2.11. The molecule has 0 atom stereocenters. The number of halogens is 2. The Morgan fingerprint density at radius 3 is 2.46 bits per heavy atom. The van der Waals surface area contributed by atoms with Gasteiger partial charge in [0.1, 0.15) is 17.3 Å². The topological polar surface area (TPSA) is 84.3 Å². The van der Waals surface area contributed by atoms with Crippen molar-refractivity contribution in [3.05, 3.63) is 64.2 Å². The van der Waals surface area contributed by atoms with Crippen LogP contribution in [0.25, 0.3) is 0 Å². The van der Waals surface area contributed by atoms with Crippen LogP contribution in [0.15, 0.2) is 42.5 Å². The summed E-state index contributed by atoms with van der Waals surface area (Å²) < 4.78 is 26.0. The first kappa shape index (κ1) is 17.3. The number of nitro groups is 1. The lowest BCUT2D eigenvalue weighted by Gasteiger charge is -2.08. The molecule has 126 valence electrons. The number of nitrogens with one attached hydrogen (secondary N) is 2. The SMILES string of the molecule is O=C(CCCNc1ccccc1[N+](=O)[O-])Nc1cc(F)cc(F)c1. The van der Waals surface area contributed by atoms with E-state index in [0.29, 0.717) is 24.7 Å². The lowest BCUT2D eigenvalue weighted by Crippen LogP contribution is -2.14. The van der Waals surface area contributed by atoms with Gasteiger partial charge in [-0.1, -0.05) is 12.1 Å². The number of benzene rings is 2. The first-order chi connectivity index (χ1) is 11.5. The fourth-order valence-electron chi connectivity index (χ4n) is 2.10. The fraction of sp³-hybridized carbons (Fsp3) is 0.188. The Morgan fingerprint density at radius 1 is 1.12 bits per heavy atom. The molecule has 1 amide bonds. The third-order valence-corrected chi connectivity index (χ3v) is 3.14. The van der Waals surface area contributed by atoms with Gasteiger partial charge in [-0.3, -0.25) is 14.9 Å². The van der Waals surface area contributed by atoms with Crippen molar-refractivity contribution in [2.75, 3.05) is 17.2 Å². The van der Waals surface area contributed by atoms with Gasteiger partial charge < -0.3 is 10.6 Å². The van der Waals surface area contributed by atoms with Gasteiger partial charge in [-0.05, 0) is 24.6 Å². The van der Waals surface area contributed by atoms with Crippen LogP contribution in [0.1, 0.15) is 12.8 Å². The molecule has 2 N–H and O–H groups in total. The van der Waals surface area contributed by atoms with Gasteiger partial charge in [0, 0.05) is 30.8 Å². The number of rotatable bonds is 7. The molecular weight excluding hydrogens is 320 g/mol. The third kappa shape index (κ3) is 5.01. The van der Waals surface area contributed by atoms with Crippen LogP contribution in [0.4, 0.5) is 25.8 Å². The molecule has 2 aromatic rings. The van der Waals surface area contributed by atoms with E-state index in [9.17, 15) is 23.7 Å². The number of carbonyl (C=O) groups is 1. The highest BCUT2D eigenvalue weighted by atomic mass is 19.1. The normalized spacial score (nSPS) is 10.2. The second-order valence-corrected chi connectivity index (χ2v) is 5.01. The number of hydrogen-bond donors (Lipinski definition) is 2. The fourth-order valence-corrected chi connectivity index (χ4v) is 2.10. The van der Waals surface area contributed by atoms with Crippen molar-refractivity contribution in [2.45, 2.75) is 12.8 Å². The van der Waals surface area contributed by atoms with Crippen molar-refractivity contribution in [3.63, 3.8) is 0 Å². The zero-order chi connectivity index (χ0) is 17.5. The van der Waals surface area contributed by atoms with Crippen LogP contribution in [0, 0.1) is 21.7 Å². The predicted molar refractivity (Wildman–Crippen MR) is 85.8 cm³/mol. The molecule has 0 saturated carbocycles. The minimum Gasteiger partial charge on any atom is -0.379 e. The molecule has 8 heteroatoms. The molecule has 0 heterocycles. The second kappa shape index (κ2) is 8.00.